The zero-order valence-electron chi connectivity index (χ0n) is 16.6. The summed E-state index contributed by atoms with van der Waals surface area (Å²) in [4.78, 5) is 23.2. The van der Waals surface area contributed by atoms with E-state index in [1.165, 1.54) is 0 Å². The number of amides is 2. The first-order valence-electron chi connectivity index (χ1n) is 8.66. The largest absolute Gasteiger partial charge is 0.437 e. The lowest BCUT2D eigenvalue weighted by atomic mass is 10.1. The van der Waals surface area contributed by atoms with E-state index in [2.05, 4.69) is 51.1 Å². The predicted molar refractivity (Wildman–Crippen MR) is 106 cm³/mol. The summed E-state index contributed by atoms with van der Waals surface area (Å²) >= 11 is 0. The second kappa shape index (κ2) is 9.28. The van der Waals surface area contributed by atoms with Gasteiger partial charge in [-0.1, -0.05) is 6.92 Å². The van der Waals surface area contributed by atoms with Crippen molar-refractivity contribution in [3.8, 4) is 0 Å². The van der Waals surface area contributed by atoms with Crippen molar-refractivity contribution in [2.45, 2.75) is 71.6 Å². The van der Waals surface area contributed by atoms with Crippen LogP contribution in [0.5, 0.6) is 0 Å². The maximum atomic E-state index is 11.9. The molecule has 0 rings (SSSR count). The van der Waals surface area contributed by atoms with Gasteiger partial charge in [0, 0.05) is 6.54 Å². The predicted octanol–water partition coefficient (Wildman–Crippen LogP) is 2.78. The van der Waals surface area contributed by atoms with E-state index in [-0.39, 0.29) is 5.91 Å². The minimum atomic E-state index is -2.27. The van der Waals surface area contributed by atoms with E-state index in [1.807, 2.05) is 0 Å². The molecule has 0 aliphatic heterocycles. The molecule has 24 heavy (non-hydrogen) atoms. The van der Waals surface area contributed by atoms with Crippen molar-refractivity contribution in [1.82, 2.24) is 5.32 Å². The molecule has 0 radical (unpaired) electrons. The number of carbonyl (C=O) groups is 2. The van der Waals surface area contributed by atoms with Crippen LogP contribution < -0.4 is 11.1 Å². The van der Waals surface area contributed by atoms with Crippen molar-refractivity contribution >= 4 is 37.0 Å². The molecule has 0 saturated heterocycles. The van der Waals surface area contributed by atoms with Gasteiger partial charge in [-0.15, -0.1) is 0 Å². The van der Waals surface area contributed by atoms with Crippen molar-refractivity contribution in [3.05, 3.63) is 0 Å². The summed E-state index contributed by atoms with van der Waals surface area (Å²) < 4.78 is 12.8. The van der Waals surface area contributed by atoms with Gasteiger partial charge in [0.1, 0.15) is 5.92 Å². The Morgan fingerprint density at radius 3 is 1.79 bits per heavy atom. The molecule has 0 fully saturated rings. The van der Waals surface area contributed by atoms with Gasteiger partial charge in [-0.05, 0) is 64.7 Å². The van der Waals surface area contributed by atoms with Crippen molar-refractivity contribution in [2.24, 2.45) is 11.7 Å². The number of hydrogen-bond acceptors (Lipinski definition) is 4. The van der Waals surface area contributed by atoms with Gasteiger partial charge in [0.25, 0.3) is 0 Å². The lowest BCUT2D eigenvalue weighted by molar-refractivity contribution is -0.133. The van der Waals surface area contributed by atoms with E-state index in [0.717, 1.165) is 12.5 Å². The van der Waals surface area contributed by atoms with Crippen molar-refractivity contribution in [1.29, 1.82) is 0 Å². The van der Waals surface area contributed by atoms with Gasteiger partial charge in [-0.2, -0.15) is 0 Å². The molecule has 2 amide bonds. The van der Waals surface area contributed by atoms with Gasteiger partial charge in [-0.3, -0.25) is 9.59 Å². The Morgan fingerprint density at radius 1 is 1.00 bits per heavy atom. The zero-order valence-corrected chi connectivity index (χ0v) is 19.6. The first kappa shape index (κ1) is 23.5. The molecule has 0 aromatic rings. The molecule has 0 heterocycles. The Bertz CT molecular complexity index is 417. The molecule has 3 N–H and O–H groups in total. The number of nitrogens with two attached hydrogens (primary N) is 1. The second-order valence-electron chi connectivity index (χ2n) is 8.32. The molecule has 0 aromatic carbocycles. The van der Waals surface area contributed by atoms with Crippen molar-refractivity contribution in [2.75, 3.05) is 6.54 Å². The summed E-state index contributed by atoms with van der Waals surface area (Å²) in [6.07, 6.45) is 1.20. The van der Waals surface area contributed by atoms with Gasteiger partial charge in [-0.25, -0.2) is 0 Å². The fourth-order valence-electron chi connectivity index (χ4n) is 2.68. The third-order valence-corrected chi connectivity index (χ3v) is 12.8. The average Bonchev–Trinajstić information content (AvgIpc) is 2.30. The third kappa shape index (κ3) is 10.4. The Labute approximate surface area is 150 Å². The van der Waals surface area contributed by atoms with Crippen LogP contribution in [-0.4, -0.2) is 43.6 Å². The zero-order chi connectivity index (χ0) is 19.2. The summed E-state index contributed by atoms with van der Waals surface area (Å²) in [5.74, 6) is -1.60. The quantitative estimate of drug-likeness (QED) is 0.321. The molecule has 6 nitrogen and oxygen atoms in total. The lowest BCUT2D eigenvalue weighted by Crippen LogP contribution is -2.52. The highest BCUT2D eigenvalue weighted by atomic mass is 28.5. The van der Waals surface area contributed by atoms with E-state index in [4.69, 9.17) is 14.0 Å². The first-order valence-corrected chi connectivity index (χ1v) is 18.0. The van der Waals surface area contributed by atoms with Gasteiger partial charge >= 0.3 is 8.56 Å². The highest BCUT2D eigenvalue weighted by molar-refractivity contribution is 6.87. The molecule has 1 atom stereocenters. The third-order valence-electron chi connectivity index (χ3n) is 3.22. The molecule has 0 aliphatic rings. The van der Waals surface area contributed by atoms with Gasteiger partial charge in [0.2, 0.25) is 11.8 Å². The maximum absolute atomic E-state index is 11.9. The number of primary amides is 1. The number of nitrogens with one attached hydrogen (secondary N) is 1. The molecular weight excluding hydrogens is 356 g/mol. The summed E-state index contributed by atoms with van der Waals surface area (Å²) in [7, 11) is -5.67. The maximum Gasteiger partial charge on any atom is 0.314 e. The van der Waals surface area contributed by atoms with E-state index in [9.17, 15) is 9.59 Å². The summed E-state index contributed by atoms with van der Waals surface area (Å²) in [5.41, 5.74) is 5.24. The molecule has 1 unspecified atom stereocenters. The molecule has 9 heteroatoms. The number of hydrogen-bond donors (Lipinski definition) is 2. The summed E-state index contributed by atoms with van der Waals surface area (Å²) in [6.45, 7) is 17.5. The Hall–Kier alpha value is -0.489. The highest BCUT2D eigenvalue weighted by Crippen LogP contribution is 2.25. The monoisotopic (exact) mass is 392 g/mol. The van der Waals surface area contributed by atoms with Crippen molar-refractivity contribution in [3.63, 3.8) is 0 Å². The Morgan fingerprint density at radius 2 is 1.46 bits per heavy atom. The second-order valence-corrected chi connectivity index (χ2v) is 21.2. The minimum absolute atomic E-state index is 0.286. The molecule has 0 spiro atoms. The van der Waals surface area contributed by atoms with Gasteiger partial charge < -0.3 is 19.3 Å². The van der Waals surface area contributed by atoms with E-state index in [0.29, 0.717) is 13.0 Å². The molecule has 0 bridgehead atoms. The van der Waals surface area contributed by atoms with Crippen LogP contribution in [-0.2, 0) is 17.8 Å². The highest BCUT2D eigenvalue weighted by Gasteiger charge is 2.39. The molecular formula is C15H36N2O4Si3. The van der Waals surface area contributed by atoms with Gasteiger partial charge in [0.05, 0.1) is 0 Å². The normalized spacial score (nSPS) is 14.3. The van der Waals surface area contributed by atoms with Crippen LogP contribution in [0, 0.1) is 5.92 Å². The Balaban J connectivity index is 4.63. The summed E-state index contributed by atoms with van der Waals surface area (Å²) in [5, 5.41) is 2.81. The fraction of sp³-hybridized carbons (Fsp3) is 0.867. The van der Waals surface area contributed by atoms with Crippen LogP contribution in [0.1, 0.15) is 19.8 Å². The van der Waals surface area contributed by atoms with Gasteiger partial charge in [0.15, 0.2) is 16.6 Å². The van der Waals surface area contributed by atoms with Crippen LogP contribution in [0.3, 0.4) is 0 Å². The molecule has 0 aromatic heterocycles. The van der Waals surface area contributed by atoms with Crippen LogP contribution in [0.25, 0.3) is 0 Å². The van der Waals surface area contributed by atoms with Crippen LogP contribution in [0.15, 0.2) is 0 Å². The average molecular weight is 393 g/mol. The number of rotatable bonds is 11. The first-order chi connectivity index (χ1) is 10.7. The van der Waals surface area contributed by atoms with Crippen molar-refractivity contribution < 1.29 is 17.8 Å². The Kier molecular flexibility index (Phi) is 9.09. The fourth-order valence-corrected chi connectivity index (χ4v) is 15.2. The van der Waals surface area contributed by atoms with Crippen LogP contribution in [0.2, 0.25) is 51.9 Å². The molecule has 0 saturated carbocycles. The molecule has 0 aliphatic carbocycles. The van der Waals surface area contributed by atoms with Crippen LogP contribution in [0.4, 0.5) is 0 Å². The van der Waals surface area contributed by atoms with E-state index < -0.39 is 37.0 Å². The van der Waals surface area contributed by atoms with E-state index in [1.54, 1.807) is 6.92 Å². The smallest absolute Gasteiger partial charge is 0.314 e. The molecule has 142 valence electrons. The van der Waals surface area contributed by atoms with Crippen LogP contribution >= 0.6 is 0 Å². The SMILES string of the molecule is CCC(C(N)=O)C(=O)NCCC[Si](C)(O[Si](C)(C)C)O[Si](C)(C)C. The summed E-state index contributed by atoms with van der Waals surface area (Å²) in [6, 6.07) is 0.829. The minimum Gasteiger partial charge on any atom is -0.437 e. The number of carbonyl (C=O) groups excluding carboxylic acids is 2. The van der Waals surface area contributed by atoms with E-state index >= 15 is 0 Å². The standard InChI is InChI=1S/C15H36N2O4Si3/c1-9-13(14(16)18)15(19)17-11-10-12-24(8,20-22(2,3)4)21-23(5,6)7/h13H,9-12H2,1-8H3,(H2,16,18)(H,17,19). The topological polar surface area (TPSA) is 90.7 Å². The lowest BCUT2D eigenvalue weighted by Gasteiger charge is -2.38.